The average Bonchev–Trinajstić information content (AvgIpc) is 3.41. The first kappa shape index (κ1) is 32.4. The summed E-state index contributed by atoms with van der Waals surface area (Å²) in [5.74, 6) is 0.467. The molecule has 0 fully saturated rings. The molecule has 1 aromatic heterocycles. The van der Waals surface area contributed by atoms with Crippen LogP contribution in [-0.4, -0.2) is 30.5 Å². The van der Waals surface area contributed by atoms with Crippen molar-refractivity contribution in [3.05, 3.63) is 150 Å². The number of carbonyl (C=O) groups excluding carboxylic acids is 1. The van der Waals surface area contributed by atoms with Crippen molar-refractivity contribution in [2.45, 2.75) is 24.5 Å². The molecule has 0 bridgehead atoms. The molecular weight excluding hydrogens is 652 g/mol. The highest BCUT2D eigenvalue weighted by atomic mass is 35.5. The molecule has 0 saturated carbocycles. The van der Waals surface area contributed by atoms with Gasteiger partial charge in [0.05, 0.1) is 35.6 Å². The van der Waals surface area contributed by atoms with Crippen LogP contribution in [0.4, 0.5) is 0 Å². The summed E-state index contributed by atoms with van der Waals surface area (Å²) in [4.78, 5) is 34.6. The monoisotopic (exact) mass is 682 g/mol. The second-order valence-corrected chi connectivity index (χ2v) is 12.8. The molecule has 1 atom stereocenters. The molecule has 5 aromatic rings. The molecule has 0 spiro atoms. The smallest absolute Gasteiger partial charge is 0.338 e. The summed E-state index contributed by atoms with van der Waals surface area (Å²) in [6, 6.07) is 29.6. The fourth-order valence-corrected chi connectivity index (χ4v) is 7.00. The Balaban J connectivity index is 1.55. The molecule has 47 heavy (non-hydrogen) atoms. The van der Waals surface area contributed by atoms with Gasteiger partial charge in [0.2, 0.25) is 0 Å². The van der Waals surface area contributed by atoms with Gasteiger partial charge in [-0.2, -0.15) is 0 Å². The number of carbonyl (C=O) groups is 1. The van der Waals surface area contributed by atoms with Crippen molar-refractivity contribution in [3.63, 3.8) is 0 Å². The summed E-state index contributed by atoms with van der Waals surface area (Å²) >= 11 is 9.26. The normalized spacial score (nSPS) is 14.4. The first-order valence-electron chi connectivity index (χ1n) is 14.9. The largest absolute Gasteiger partial charge is 0.493 e. The van der Waals surface area contributed by atoms with Gasteiger partial charge in [0.25, 0.3) is 5.56 Å². The van der Waals surface area contributed by atoms with Crippen molar-refractivity contribution < 1.29 is 19.0 Å². The first-order chi connectivity index (χ1) is 22.9. The SMILES string of the molecule is CCOC(=O)C1=C(c2ccccc2)N=c2s/c(=C\c3cccc(OC)c3OCc3ccccc3Cl)c(=O)n2[C@H]1c1ccc(SC)cc1. The number of fused-ring (bicyclic) bond motifs is 1. The molecule has 10 heteroatoms. The van der Waals surface area contributed by atoms with Crippen molar-refractivity contribution in [2.24, 2.45) is 4.99 Å². The van der Waals surface area contributed by atoms with Gasteiger partial charge < -0.3 is 14.2 Å². The van der Waals surface area contributed by atoms with Gasteiger partial charge in [-0.3, -0.25) is 9.36 Å². The van der Waals surface area contributed by atoms with Gasteiger partial charge in [0, 0.05) is 26.6 Å². The standard InChI is InChI=1S/C37H31ClN2O5S2/c1-4-44-36(42)31-32(23-11-6-5-7-12-23)39-37-40(33(31)24-17-19-27(46-3)20-18-24)35(41)30(47-37)21-25-14-10-16-29(43-2)34(25)45-22-26-13-8-9-15-28(26)38/h5-21,33H,4,22H2,1-3H3/b30-21-/t33-/m0/s1. The number of esters is 1. The van der Waals surface area contributed by atoms with Crippen LogP contribution in [0, 0.1) is 0 Å². The van der Waals surface area contributed by atoms with E-state index in [-0.39, 0.29) is 18.8 Å². The molecule has 0 aliphatic carbocycles. The lowest BCUT2D eigenvalue weighted by atomic mass is 9.93. The molecule has 4 aromatic carbocycles. The van der Waals surface area contributed by atoms with Crippen LogP contribution in [0.2, 0.25) is 5.02 Å². The van der Waals surface area contributed by atoms with Gasteiger partial charge >= 0.3 is 5.97 Å². The predicted molar refractivity (Wildman–Crippen MR) is 188 cm³/mol. The lowest BCUT2D eigenvalue weighted by Gasteiger charge is -2.26. The van der Waals surface area contributed by atoms with Crippen molar-refractivity contribution in [2.75, 3.05) is 20.0 Å². The summed E-state index contributed by atoms with van der Waals surface area (Å²) in [7, 11) is 1.57. The second-order valence-electron chi connectivity index (χ2n) is 10.5. The van der Waals surface area contributed by atoms with Crippen molar-refractivity contribution in [3.8, 4) is 11.5 Å². The van der Waals surface area contributed by atoms with E-state index < -0.39 is 12.0 Å². The van der Waals surface area contributed by atoms with E-state index in [0.717, 1.165) is 21.6 Å². The fourth-order valence-electron chi connectivity index (χ4n) is 5.41. The average molecular weight is 683 g/mol. The van der Waals surface area contributed by atoms with Crippen LogP contribution in [-0.2, 0) is 16.1 Å². The Kier molecular flexibility index (Phi) is 9.96. The number of aromatic nitrogens is 1. The molecule has 0 saturated heterocycles. The summed E-state index contributed by atoms with van der Waals surface area (Å²) in [6.07, 6.45) is 3.78. The molecule has 7 nitrogen and oxygen atoms in total. The number of para-hydroxylation sites is 1. The summed E-state index contributed by atoms with van der Waals surface area (Å²) in [5, 5.41) is 0.592. The first-order valence-corrected chi connectivity index (χ1v) is 17.3. The van der Waals surface area contributed by atoms with Crippen LogP contribution in [0.3, 0.4) is 0 Å². The van der Waals surface area contributed by atoms with E-state index in [2.05, 4.69) is 0 Å². The van der Waals surface area contributed by atoms with Crippen molar-refractivity contribution in [1.29, 1.82) is 0 Å². The van der Waals surface area contributed by atoms with Gasteiger partial charge in [-0.05, 0) is 49.1 Å². The van der Waals surface area contributed by atoms with Crippen LogP contribution < -0.4 is 24.4 Å². The Bertz CT molecular complexity index is 2140. The third kappa shape index (κ3) is 6.65. The number of ether oxygens (including phenoxy) is 3. The zero-order chi connectivity index (χ0) is 32.9. The van der Waals surface area contributed by atoms with E-state index >= 15 is 0 Å². The molecule has 0 N–H and O–H groups in total. The van der Waals surface area contributed by atoms with E-state index in [4.69, 9.17) is 30.8 Å². The van der Waals surface area contributed by atoms with Gasteiger partial charge in [-0.1, -0.05) is 95.7 Å². The predicted octanol–water partition coefficient (Wildman–Crippen LogP) is 6.90. The van der Waals surface area contributed by atoms with E-state index in [1.165, 1.54) is 11.3 Å². The molecule has 0 unspecified atom stereocenters. The van der Waals surface area contributed by atoms with E-state index in [0.29, 0.717) is 42.7 Å². The number of halogens is 1. The number of nitrogens with zero attached hydrogens (tertiary/aromatic N) is 2. The molecule has 2 heterocycles. The van der Waals surface area contributed by atoms with Crippen molar-refractivity contribution >= 4 is 52.4 Å². The summed E-state index contributed by atoms with van der Waals surface area (Å²) < 4.78 is 19.5. The van der Waals surface area contributed by atoms with Gasteiger partial charge in [0.1, 0.15) is 6.61 Å². The number of rotatable bonds is 10. The van der Waals surface area contributed by atoms with E-state index in [1.54, 1.807) is 42.5 Å². The lowest BCUT2D eigenvalue weighted by molar-refractivity contribution is -0.138. The molecule has 0 radical (unpaired) electrons. The minimum atomic E-state index is -0.764. The highest BCUT2D eigenvalue weighted by Crippen LogP contribution is 2.36. The fraction of sp³-hybridized carbons (Fsp3) is 0.162. The third-order valence-corrected chi connectivity index (χ3v) is 9.75. The van der Waals surface area contributed by atoms with E-state index in [1.807, 2.05) is 97.3 Å². The minimum absolute atomic E-state index is 0.180. The minimum Gasteiger partial charge on any atom is -0.493 e. The molecular formula is C37H31ClN2O5S2. The third-order valence-electron chi connectivity index (χ3n) is 7.65. The topological polar surface area (TPSA) is 79.1 Å². The van der Waals surface area contributed by atoms with Crippen molar-refractivity contribution in [1.82, 2.24) is 4.57 Å². The lowest BCUT2D eigenvalue weighted by Crippen LogP contribution is -2.40. The Morgan fingerprint density at radius 1 is 1.00 bits per heavy atom. The maximum Gasteiger partial charge on any atom is 0.338 e. The zero-order valence-corrected chi connectivity index (χ0v) is 28.3. The number of benzene rings is 4. The van der Waals surface area contributed by atoms with Crippen LogP contribution >= 0.6 is 34.7 Å². The van der Waals surface area contributed by atoms with Gasteiger partial charge in [-0.15, -0.1) is 11.8 Å². The quantitative estimate of drug-likeness (QED) is 0.118. The highest BCUT2D eigenvalue weighted by Gasteiger charge is 2.35. The number of methoxy groups -OCH3 is 1. The molecule has 1 aliphatic rings. The Hall–Kier alpha value is -4.57. The summed E-state index contributed by atoms with van der Waals surface area (Å²) in [6.45, 7) is 2.15. The Morgan fingerprint density at radius 2 is 1.74 bits per heavy atom. The van der Waals surface area contributed by atoms with Crippen LogP contribution in [0.15, 0.2) is 117 Å². The number of thiazole rings is 1. The molecule has 0 amide bonds. The van der Waals surface area contributed by atoms with Crippen LogP contribution in [0.5, 0.6) is 11.5 Å². The number of hydrogen-bond donors (Lipinski definition) is 0. The number of hydrogen-bond acceptors (Lipinski definition) is 8. The number of thioether (sulfide) groups is 1. The second kappa shape index (κ2) is 14.5. The molecule has 6 rings (SSSR count). The Labute approximate surface area is 285 Å². The summed E-state index contributed by atoms with van der Waals surface area (Å²) in [5.41, 5.74) is 3.48. The zero-order valence-electron chi connectivity index (χ0n) is 25.9. The molecule has 1 aliphatic heterocycles. The van der Waals surface area contributed by atoms with Gasteiger partial charge in [-0.25, -0.2) is 9.79 Å². The maximum absolute atomic E-state index is 14.4. The Morgan fingerprint density at radius 3 is 2.45 bits per heavy atom. The van der Waals surface area contributed by atoms with Gasteiger partial charge in [0.15, 0.2) is 16.3 Å². The van der Waals surface area contributed by atoms with Crippen LogP contribution in [0.1, 0.15) is 35.2 Å². The van der Waals surface area contributed by atoms with Crippen LogP contribution in [0.25, 0.3) is 11.8 Å². The highest BCUT2D eigenvalue weighted by molar-refractivity contribution is 7.98. The molecule has 238 valence electrons. The maximum atomic E-state index is 14.4. The van der Waals surface area contributed by atoms with E-state index in [9.17, 15) is 9.59 Å².